The minimum atomic E-state index is -1.04. The van der Waals surface area contributed by atoms with Gasteiger partial charge in [-0.1, -0.05) is 11.6 Å². The number of likely N-dealkylation sites (N-methyl/N-ethyl adjacent to an activating group) is 1. The van der Waals surface area contributed by atoms with E-state index in [2.05, 4.69) is 5.32 Å². The van der Waals surface area contributed by atoms with Crippen molar-refractivity contribution in [3.8, 4) is 0 Å². The molecule has 1 rings (SSSR count). The molecule has 1 aromatic carbocycles. The standard InChI is InChI=1S/C15H19ClN2O4/c1-2-18(10-14(20)21)13(19)4-3-9-17-15(22)11-5-7-12(16)8-6-11/h5-8H,2-4,9-10H2,1H3,(H,17,22)(H,20,21). The Hall–Kier alpha value is -2.08. The van der Waals surface area contributed by atoms with Crippen LogP contribution in [0.5, 0.6) is 0 Å². The Morgan fingerprint density at radius 1 is 1.23 bits per heavy atom. The van der Waals surface area contributed by atoms with Crippen molar-refractivity contribution >= 4 is 29.4 Å². The topological polar surface area (TPSA) is 86.7 Å². The van der Waals surface area contributed by atoms with Crippen LogP contribution >= 0.6 is 11.6 Å². The number of carboxylic acid groups (broad SMARTS) is 1. The number of nitrogens with zero attached hydrogens (tertiary/aromatic N) is 1. The number of carbonyl (C=O) groups excluding carboxylic acids is 2. The highest BCUT2D eigenvalue weighted by molar-refractivity contribution is 6.30. The molecule has 2 amide bonds. The number of hydrogen-bond donors (Lipinski definition) is 2. The summed E-state index contributed by atoms with van der Waals surface area (Å²) in [5.41, 5.74) is 0.497. The smallest absolute Gasteiger partial charge is 0.323 e. The Bertz CT molecular complexity index is 531. The van der Waals surface area contributed by atoms with Crippen molar-refractivity contribution in [2.45, 2.75) is 19.8 Å². The fraction of sp³-hybridized carbons (Fsp3) is 0.400. The third kappa shape index (κ3) is 6.13. The molecule has 2 N–H and O–H groups in total. The van der Waals surface area contributed by atoms with Gasteiger partial charge in [0.2, 0.25) is 5.91 Å². The Kier molecular flexibility index (Phi) is 7.39. The summed E-state index contributed by atoms with van der Waals surface area (Å²) >= 11 is 5.74. The summed E-state index contributed by atoms with van der Waals surface area (Å²) in [6, 6.07) is 6.50. The first-order valence-corrected chi connectivity index (χ1v) is 7.35. The van der Waals surface area contributed by atoms with Crippen molar-refractivity contribution in [2.75, 3.05) is 19.6 Å². The Morgan fingerprint density at radius 3 is 2.41 bits per heavy atom. The van der Waals surface area contributed by atoms with Gasteiger partial charge in [0.1, 0.15) is 6.54 Å². The highest BCUT2D eigenvalue weighted by atomic mass is 35.5. The van der Waals surface area contributed by atoms with Crippen LogP contribution in [0.2, 0.25) is 5.02 Å². The van der Waals surface area contributed by atoms with Gasteiger partial charge in [-0.3, -0.25) is 14.4 Å². The molecule has 6 nitrogen and oxygen atoms in total. The fourth-order valence-electron chi connectivity index (χ4n) is 1.84. The molecular weight excluding hydrogens is 308 g/mol. The van der Waals surface area contributed by atoms with E-state index >= 15 is 0 Å². The van der Waals surface area contributed by atoms with Gasteiger partial charge in [-0.25, -0.2) is 0 Å². The van der Waals surface area contributed by atoms with Gasteiger partial charge in [-0.05, 0) is 37.6 Å². The third-order valence-electron chi connectivity index (χ3n) is 3.02. The monoisotopic (exact) mass is 326 g/mol. The fourth-order valence-corrected chi connectivity index (χ4v) is 1.97. The lowest BCUT2D eigenvalue weighted by atomic mass is 10.2. The number of benzene rings is 1. The quantitative estimate of drug-likeness (QED) is 0.713. The maximum Gasteiger partial charge on any atom is 0.323 e. The average molecular weight is 327 g/mol. The molecule has 0 aromatic heterocycles. The summed E-state index contributed by atoms with van der Waals surface area (Å²) in [6.07, 6.45) is 0.649. The summed E-state index contributed by atoms with van der Waals surface area (Å²) < 4.78 is 0. The second-order valence-corrected chi connectivity index (χ2v) is 5.10. The van der Waals surface area contributed by atoms with E-state index in [4.69, 9.17) is 16.7 Å². The molecule has 7 heteroatoms. The van der Waals surface area contributed by atoms with Gasteiger partial charge in [0.05, 0.1) is 0 Å². The number of carbonyl (C=O) groups is 3. The molecular formula is C15H19ClN2O4. The maximum atomic E-state index is 11.8. The van der Waals surface area contributed by atoms with E-state index in [9.17, 15) is 14.4 Å². The summed E-state index contributed by atoms with van der Waals surface area (Å²) in [6.45, 7) is 2.12. The summed E-state index contributed by atoms with van der Waals surface area (Å²) in [5, 5.41) is 12.0. The summed E-state index contributed by atoms with van der Waals surface area (Å²) in [7, 11) is 0. The minimum absolute atomic E-state index is 0.196. The second-order valence-electron chi connectivity index (χ2n) is 4.67. The normalized spacial score (nSPS) is 10.1. The predicted molar refractivity (Wildman–Crippen MR) is 82.9 cm³/mol. The molecule has 0 atom stereocenters. The number of nitrogens with one attached hydrogen (secondary N) is 1. The SMILES string of the molecule is CCN(CC(=O)O)C(=O)CCCNC(=O)c1ccc(Cl)cc1. The number of aliphatic carboxylic acids is 1. The van der Waals surface area contributed by atoms with Crippen LogP contribution in [-0.4, -0.2) is 47.4 Å². The van der Waals surface area contributed by atoms with Crippen molar-refractivity contribution in [1.82, 2.24) is 10.2 Å². The van der Waals surface area contributed by atoms with E-state index in [-0.39, 0.29) is 24.8 Å². The van der Waals surface area contributed by atoms with Crippen molar-refractivity contribution in [3.63, 3.8) is 0 Å². The van der Waals surface area contributed by atoms with Crippen LogP contribution in [0.25, 0.3) is 0 Å². The van der Waals surface area contributed by atoms with Crippen molar-refractivity contribution in [3.05, 3.63) is 34.9 Å². The zero-order chi connectivity index (χ0) is 16.5. The molecule has 0 saturated carbocycles. The van der Waals surface area contributed by atoms with Crippen molar-refractivity contribution in [1.29, 1.82) is 0 Å². The molecule has 0 bridgehead atoms. The van der Waals surface area contributed by atoms with E-state index in [0.717, 1.165) is 0 Å². The summed E-state index contributed by atoms with van der Waals surface area (Å²) in [4.78, 5) is 35.5. The molecule has 0 spiro atoms. The first kappa shape index (κ1) is 18.0. The first-order chi connectivity index (χ1) is 10.4. The number of hydrogen-bond acceptors (Lipinski definition) is 3. The number of carboxylic acids is 1. The van der Waals surface area contributed by atoms with Gasteiger partial charge in [-0.2, -0.15) is 0 Å². The van der Waals surface area contributed by atoms with Crippen LogP contribution in [0.3, 0.4) is 0 Å². The van der Waals surface area contributed by atoms with E-state index in [1.807, 2.05) is 0 Å². The Balaban J connectivity index is 2.32. The molecule has 0 saturated heterocycles. The number of rotatable bonds is 8. The molecule has 120 valence electrons. The van der Waals surface area contributed by atoms with Gasteiger partial charge in [0.25, 0.3) is 5.91 Å². The molecule has 0 aliphatic heterocycles. The Morgan fingerprint density at radius 2 is 1.86 bits per heavy atom. The van der Waals surface area contributed by atoms with Gasteiger partial charge < -0.3 is 15.3 Å². The van der Waals surface area contributed by atoms with Crippen LogP contribution in [0.4, 0.5) is 0 Å². The van der Waals surface area contributed by atoms with Crippen molar-refractivity contribution in [2.24, 2.45) is 0 Å². The molecule has 0 aliphatic rings. The zero-order valence-corrected chi connectivity index (χ0v) is 13.1. The highest BCUT2D eigenvalue weighted by Crippen LogP contribution is 2.09. The molecule has 0 aliphatic carbocycles. The minimum Gasteiger partial charge on any atom is -0.480 e. The maximum absolute atomic E-state index is 11.8. The molecule has 0 unspecified atom stereocenters. The van der Waals surface area contributed by atoms with Gasteiger partial charge >= 0.3 is 5.97 Å². The van der Waals surface area contributed by atoms with E-state index in [0.29, 0.717) is 30.1 Å². The number of amides is 2. The molecule has 0 radical (unpaired) electrons. The lowest BCUT2D eigenvalue weighted by Gasteiger charge is -2.18. The largest absolute Gasteiger partial charge is 0.480 e. The molecule has 0 heterocycles. The van der Waals surface area contributed by atoms with Crippen molar-refractivity contribution < 1.29 is 19.5 Å². The predicted octanol–water partition coefficient (Wildman–Crippen LogP) is 1.78. The second kappa shape index (κ2) is 9.04. The summed E-state index contributed by atoms with van der Waals surface area (Å²) in [5.74, 6) is -1.50. The highest BCUT2D eigenvalue weighted by Gasteiger charge is 2.14. The van der Waals surface area contributed by atoms with E-state index < -0.39 is 5.97 Å². The first-order valence-electron chi connectivity index (χ1n) is 6.97. The number of halogens is 1. The zero-order valence-electron chi connectivity index (χ0n) is 12.3. The Labute approximate surface area is 134 Å². The van der Waals surface area contributed by atoms with Gasteiger partial charge in [0, 0.05) is 30.1 Å². The van der Waals surface area contributed by atoms with Crippen LogP contribution in [-0.2, 0) is 9.59 Å². The molecule has 22 heavy (non-hydrogen) atoms. The molecule has 0 fully saturated rings. The average Bonchev–Trinajstić information content (AvgIpc) is 2.49. The van der Waals surface area contributed by atoms with E-state index in [1.54, 1.807) is 31.2 Å². The van der Waals surface area contributed by atoms with Gasteiger partial charge in [-0.15, -0.1) is 0 Å². The van der Waals surface area contributed by atoms with Crippen LogP contribution < -0.4 is 5.32 Å². The third-order valence-corrected chi connectivity index (χ3v) is 3.27. The van der Waals surface area contributed by atoms with Crippen LogP contribution in [0.1, 0.15) is 30.1 Å². The molecule has 1 aromatic rings. The lowest BCUT2D eigenvalue weighted by Crippen LogP contribution is -2.35. The lowest BCUT2D eigenvalue weighted by molar-refractivity contribution is -0.144. The van der Waals surface area contributed by atoms with E-state index in [1.165, 1.54) is 4.90 Å². The van der Waals surface area contributed by atoms with Gasteiger partial charge in [0.15, 0.2) is 0 Å². The van der Waals surface area contributed by atoms with Crippen LogP contribution in [0, 0.1) is 0 Å². The van der Waals surface area contributed by atoms with Crippen LogP contribution in [0.15, 0.2) is 24.3 Å².